The van der Waals surface area contributed by atoms with Gasteiger partial charge < -0.3 is 4.57 Å². The van der Waals surface area contributed by atoms with E-state index in [1.54, 1.807) is 11.3 Å². The van der Waals surface area contributed by atoms with Crippen LogP contribution in [0.4, 0.5) is 0 Å². The Morgan fingerprint density at radius 3 is 2.67 bits per heavy atom. The Bertz CT molecular complexity index is 715. The first-order chi connectivity index (χ1) is 8.84. The topological polar surface area (TPSA) is 29.6 Å². The van der Waals surface area contributed by atoms with E-state index in [2.05, 4.69) is 39.1 Å². The van der Waals surface area contributed by atoms with Crippen molar-refractivity contribution in [2.45, 2.75) is 6.42 Å². The van der Waals surface area contributed by atoms with Crippen LogP contribution in [0.15, 0.2) is 58.8 Å². The number of aryl methyl sites for hydroxylation is 1. The van der Waals surface area contributed by atoms with Gasteiger partial charge in [0, 0.05) is 7.05 Å². The average molecular weight is 255 g/mol. The lowest BCUT2D eigenvalue weighted by Crippen LogP contribution is -2.09. The highest BCUT2D eigenvalue weighted by atomic mass is 32.1. The summed E-state index contributed by atoms with van der Waals surface area (Å²) in [5, 5.41) is 8.60. The fourth-order valence-electron chi connectivity index (χ4n) is 1.86. The van der Waals surface area contributed by atoms with Crippen LogP contribution < -0.4 is 4.80 Å². The Kier molecular flexibility index (Phi) is 2.94. The molecule has 1 aromatic heterocycles. The normalized spacial score (nSPS) is 15.6. The lowest BCUT2D eigenvalue weighted by atomic mass is 10.2. The maximum Gasteiger partial charge on any atom is 0.211 e. The van der Waals surface area contributed by atoms with E-state index in [9.17, 15) is 0 Å². The molecular weight excluding hydrogens is 242 g/mol. The van der Waals surface area contributed by atoms with Gasteiger partial charge in [-0.25, -0.2) is 0 Å². The molecule has 0 radical (unpaired) electrons. The van der Waals surface area contributed by atoms with Crippen LogP contribution in [0.25, 0.3) is 10.2 Å². The fraction of sp³-hybridized carbons (Fsp3) is 0.143. The van der Waals surface area contributed by atoms with E-state index in [4.69, 9.17) is 0 Å². The minimum atomic E-state index is 0.902. The summed E-state index contributed by atoms with van der Waals surface area (Å²) in [4.78, 5) is 0.913. The SMILES string of the molecule is Cn1c(=NN=C2C=CCC=C2)sc2ccccc21. The van der Waals surface area contributed by atoms with Gasteiger partial charge in [-0.1, -0.05) is 35.6 Å². The van der Waals surface area contributed by atoms with E-state index < -0.39 is 0 Å². The zero-order valence-corrected chi connectivity index (χ0v) is 10.9. The number of aromatic nitrogens is 1. The molecule has 2 aromatic rings. The van der Waals surface area contributed by atoms with Crippen LogP contribution in [-0.4, -0.2) is 10.3 Å². The van der Waals surface area contributed by atoms with Crippen LogP contribution in [-0.2, 0) is 7.05 Å². The Hall–Kier alpha value is -1.94. The van der Waals surface area contributed by atoms with Crippen molar-refractivity contribution < 1.29 is 0 Å². The van der Waals surface area contributed by atoms with Crippen molar-refractivity contribution in [1.82, 2.24) is 4.57 Å². The molecule has 3 nitrogen and oxygen atoms in total. The number of allylic oxidation sites excluding steroid dienone is 4. The van der Waals surface area contributed by atoms with Crippen LogP contribution in [0.3, 0.4) is 0 Å². The number of fused-ring (bicyclic) bond motifs is 1. The Balaban J connectivity index is 2.09. The zero-order valence-electron chi connectivity index (χ0n) is 10.1. The minimum absolute atomic E-state index is 0.902. The lowest BCUT2D eigenvalue weighted by molar-refractivity contribution is 0.889. The molecule has 0 fully saturated rings. The molecule has 0 N–H and O–H groups in total. The van der Waals surface area contributed by atoms with E-state index in [0.29, 0.717) is 0 Å². The first kappa shape index (κ1) is 11.2. The molecule has 0 saturated carbocycles. The van der Waals surface area contributed by atoms with Crippen molar-refractivity contribution in [2.24, 2.45) is 17.3 Å². The number of hydrogen-bond donors (Lipinski definition) is 0. The molecule has 0 aliphatic heterocycles. The molecule has 4 heteroatoms. The van der Waals surface area contributed by atoms with Crippen molar-refractivity contribution in [3.63, 3.8) is 0 Å². The van der Waals surface area contributed by atoms with E-state index in [1.807, 2.05) is 31.3 Å². The number of benzene rings is 1. The van der Waals surface area contributed by atoms with Crippen molar-refractivity contribution in [1.29, 1.82) is 0 Å². The van der Waals surface area contributed by atoms with Gasteiger partial charge in [-0.2, -0.15) is 0 Å². The molecule has 90 valence electrons. The van der Waals surface area contributed by atoms with Gasteiger partial charge in [0.05, 0.1) is 15.9 Å². The third-order valence-corrected chi connectivity index (χ3v) is 3.92. The number of hydrogen-bond acceptors (Lipinski definition) is 3. The third-order valence-electron chi connectivity index (χ3n) is 2.82. The summed E-state index contributed by atoms with van der Waals surface area (Å²) in [6.45, 7) is 0. The van der Waals surface area contributed by atoms with Gasteiger partial charge in [0.15, 0.2) is 0 Å². The molecule has 0 saturated heterocycles. The maximum atomic E-state index is 4.33. The van der Waals surface area contributed by atoms with Crippen LogP contribution >= 0.6 is 11.3 Å². The number of rotatable bonds is 1. The maximum absolute atomic E-state index is 4.33. The van der Waals surface area contributed by atoms with Crippen molar-refractivity contribution >= 4 is 27.3 Å². The van der Waals surface area contributed by atoms with Gasteiger partial charge in [0.2, 0.25) is 4.80 Å². The van der Waals surface area contributed by atoms with E-state index in [-0.39, 0.29) is 0 Å². The van der Waals surface area contributed by atoms with Gasteiger partial charge in [0.1, 0.15) is 0 Å². The molecule has 1 heterocycles. The summed E-state index contributed by atoms with van der Waals surface area (Å²) >= 11 is 1.65. The van der Waals surface area contributed by atoms with Crippen molar-refractivity contribution in [3.8, 4) is 0 Å². The predicted molar refractivity (Wildman–Crippen MR) is 76.7 cm³/mol. The van der Waals surface area contributed by atoms with Crippen LogP contribution in [0.1, 0.15) is 6.42 Å². The van der Waals surface area contributed by atoms with Gasteiger partial charge in [-0.15, -0.1) is 10.2 Å². The molecule has 1 aromatic carbocycles. The van der Waals surface area contributed by atoms with Gasteiger partial charge >= 0.3 is 0 Å². The third kappa shape index (κ3) is 2.07. The molecule has 1 aliphatic carbocycles. The molecule has 0 atom stereocenters. The largest absolute Gasteiger partial charge is 0.318 e. The second-order valence-electron chi connectivity index (χ2n) is 4.08. The summed E-state index contributed by atoms with van der Waals surface area (Å²) < 4.78 is 3.30. The molecule has 3 rings (SSSR count). The Labute approximate surface area is 109 Å². The first-order valence-corrected chi connectivity index (χ1v) is 6.65. The summed E-state index contributed by atoms with van der Waals surface area (Å²) in [7, 11) is 2.02. The molecule has 0 bridgehead atoms. The van der Waals surface area contributed by atoms with Crippen LogP contribution in [0.5, 0.6) is 0 Å². The zero-order chi connectivity index (χ0) is 12.4. The summed E-state index contributed by atoms with van der Waals surface area (Å²) in [5.41, 5.74) is 2.09. The van der Waals surface area contributed by atoms with Crippen molar-refractivity contribution in [2.75, 3.05) is 0 Å². The number of nitrogens with zero attached hydrogens (tertiary/aromatic N) is 3. The summed E-state index contributed by atoms with van der Waals surface area (Å²) in [6, 6.07) is 8.28. The summed E-state index contributed by atoms with van der Waals surface area (Å²) in [6.07, 6.45) is 9.14. The standard InChI is InChI=1S/C14H13N3S/c1-17-12-9-5-6-10-13(12)18-14(17)16-15-11-7-3-2-4-8-11/h3-10H,2H2,1H3. The van der Waals surface area contributed by atoms with E-state index >= 15 is 0 Å². The predicted octanol–water partition coefficient (Wildman–Crippen LogP) is 3.01. The van der Waals surface area contributed by atoms with Gasteiger partial charge in [0.25, 0.3) is 0 Å². The van der Waals surface area contributed by atoms with Crippen molar-refractivity contribution in [3.05, 3.63) is 53.4 Å². The highest BCUT2D eigenvalue weighted by Crippen LogP contribution is 2.15. The molecule has 0 amide bonds. The van der Waals surface area contributed by atoms with Crippen LogP contribution in [0.2, 0.25) is 0 Å². The monoisotopic (exact) mass is 255 g/mol. The van der Waals surface area contributed by atoms with Crippen LogP contribution in [0, 0.1) is 0 Å². The highest BCUT2D eigenvalue weighted by molar-refractivity contribution is 7.16. The van der Waals surface area contributed by atoms with Gasteiger partial charge in [-0.3, -0.25) is 0 Å². The average Bonchev–Trinajstić information content (AvgIpc) is 2.75. The molecule has 1 aliphatic rings. The first-order valence-electron chi connectivity index (χ1n) is 5.84. The van der Waals surface area contributed by atoms with Gasteiger partial charge in [-0.05, 0) is 30.7 Å². The van der Waals surface area contributed by atoms with E-state index in [1.165, 1.54) is 10.2 Å². The molecular formula is C14H13N3S. The molecule has 0 spiro atoms. The molecule has 18 heavy (non-hydrogen) atoms. The Morgan fingerprint density at radius 2 is 1.89 bits per heavy atom. The quantitative estimate of drug-likeness (QED) is 0.701. The fourth-order valence-corrected chi connectivity index (χ4v) is 2.83. The second kappa shape index (κ2) is 4.74. The smallest absolute Gasteiger partial charge is 0.211 e. The second-order valence-corrected chi connectivity index (χ2v) is 5.09. The Morgan fingerprint density at radius 1 is 1.11 bits per heavy atom. The van der Waals surface area contributed by atoms with E-state index in [0.717, 1.165) is 16.9 Å². The number of thiazole rings is 1. The molecule has 0 unspecified atom stereocenters. The number of para-hydroxylation sites is 1. The lowest BCUT2D eigenvalue weighted by Gasteiger charge is -1.95. The summed E-state index contributed by atoms with van der Waals surface area (Å²) in [5.74, 6) is 0. The minimum Gasteiger partial charge on any atom is -0.318 e. The highest BCUT2D eigenvalue weighted by Gasteiger charge is 2.00.